The van der Waals surface area contributed by atoms with E-state index in [4.69, 9.17) is 11.6 Å². The summed E-state index contributed by atoms with van der Waals surface area (Å²) in [5, 5.41) is 8.25. The number of halogens is 1. The summed E-state index contributed by atoms with van der Waals surface area (Å²) in [5.74, 6) is -1.32. The molecule has 0 bridgehead atoms. The number of amides is 5. The van der Waals surface area contributed by atoms with Gasteiger partial charge >= 0.3 is 6.03 Å². The van der Waals surface area contributed by atoms with Crippen LogP contribution in [0.15, 0.2) is 48.5 Å². The van der Waals surface area contributed by atoms with Crippen LogP contribution >= 0.6 is 11.6 Å². The van der Waals surface area contributed by atoms with Crippen molar-refractivity contribution < 1.29 is 19.2 Å². The predicted octanol–water partition coefficient (Wildman–Crippen LogP) is 2.11. The lowest BCUT2D eigenvalue weighted by Crippen LogP contribution is -2.42. The molecule has 0 unspecified atom stereocenters. The molecule has 3 N–H and O–H groups in total. The number of nitrogens with one attached hydrogen (secondary N) is 3. The maximum absolute atomic E-state index is 12.8. The first-order chi connectivity index (χ1) is 13.7. The predicted molar refractivity (Wildman–Crippen MR) is 108 cm³/mol. The average molecular weight is 415 g/mol. The highest BCUT2D eigenvalue weighted by molar-refractivity contribution is 6.30. The molecule has 0 aromatic heterocycles. The van der Waals surface area contributed by atoms with Crippen LogP contribution in [0.2, 0.25) is 5.02 Å². The van der Waals surface area contributed by atoms with Crippen LogP contribution < -0.4 is 16.0 Å². The van der Waals surface area contributed by atoms with E-state index >= 15 is 0 Å². The van der Waals surface area contributed by atoms with Crippen molar-refractivity contribution in [3.8, 4) is 0 Å². The molecular formula is C20H19ClN4O4. The molecule has 0 spiro atoms. The Labute approximate surface area is 172 Å². The number of hydrogen-bond acceptors (Lipinski definition) is 4. The van der Waals surface area contributed by atoms with Gasteiger partial charge < -0.3 is 16.0 Å². The van der Waals surface area contributed by atoms with Crippen molar-refractivity contribution in [3.63, 3.8) is 0 Å². The van der Waals surface area contributed by atoms with Gasteiger partial charge in [-0.05, 0) is 48.9 Å². The van der Waals surface area contributed by atoms with E-state index in [1.807, 2.05) is 0 Å². The second kappa shape index (κ2) is 7.92. The molecule has 3 rings (SSSR count). The van der Waals surface area contributed by atoms with Gasteiger partial charge in [-0.1, -0.05) is 23.7 Å². The van der Waals surface area contributed by atoms with Crippen molar-refractivity contribution in [2.45, 2.75) is 12.5 Å². The van der Waals surface area contributed by atoms with E-state index in [1.165, 1.54) is 7.05 Å². The monoisotopic (exact) mass is 414 g/mol. The summed E-state index contributed by atoms with van der Waals surface area (Å²) in [6.45, 7) is 1.14. The first-order valence-corrected chi connectivity index (χ1v) is 9.14. The van der Waals surface area contributed by atoms with Gasteiger partial charge in [0.15, 0.2) is 0 Å². The normalized spacial score (nSPS) is 18.4. The largest absolute Gasteiger partial charge is 0.355 e. The Morgan fingerprint density at radius 1 is 1.07 bits per heavy atom. The van der Waals surface area contributed by atoms with Crippen LogP contribution in [-0.4, -0.2) is 42.2 Å². The Morgan fingerprint density at radius 3 is 2.28 bits per heavy atom. The summed E-state index contributed by atoms with van der Waals surface area (Å²) < 4.78 is 0. The number of urea groups is 1. The number of carbonyl (C=O) groups excluding carboxylic acids is 4. The lowest BCUT2D eigenvalue weighted by molar-refractivity contribution is -0.133. The Hall–Kier alpha value is -3.39. The van der Waals surface area contributed by atoms with E-state index in [1.54, 1.807) is 55.5 Å². The van der Waals surface area contributed by atoms with Crippen molar-refractivity contribution in [2.75, 3.05) is 18.9 Å². The fraction of sp³-hybridized carbons (Fsp3) is 0.200. The molecule has 1 atom stereocenters. The number of benzene rings is 2. The van der Waals surface area contributed by atoms with Gasteiger partial charge in [-0.25, -0.2) is 4.79 Å². The van der Waals surface area contributed by atoms with Crippen molar-refractivity contribution in [2.24, 2.45) is 0 Å². The van der Waals surface area contributed by atoms with Crippen LogP contribution in [0.5, 0.6) is 0 Å². The Bertz CT molecular complexity index is 975. The molecular weight excluding hydrogens is 396 g/mol. The van der Waals surface area contributed by atoms with Gasteiger partial charge in [-0.15, -0.1) is 0 Å². The summed E-state index contributed by atoms with van der Waals surface area (Å²) >= 11 is 5.88. The van der Waals surface area contributed by atoms with Crippen molar-refractivity contribution in [1.82, 2.24) is 15.5 Å². The van der Waals surface area contributed by atoms with Crippen LogP contribution in [0.4, 0.5) is 10.5 Å². The van der Waals surface area contributed by atoms with Gasteiger partial charge in [0.05, 0.1) is 0 Å². The third-order valence-electron chi connectivity index (χ3n) is 4.66. The molecule has 5 amide bonds. The van der Waals surface area contributed by atoms with Gasteiger partial charge in [0.25, 0.3) is 11.8 Å². The molecule has 1 aliphatic rings. The number of hydrogen-bond donors (Lipinski definition) is 3. The topological polar surface area (TPSA) is 108 Å². The molecule has 1 heterocycles. The standard InChI is InChI=1S/C20H19ClN4O4/c1-20(13-5-7-14(21)8-6-13)18(28)25(19(29)24-20)11-16(26)23-15-9-3-12(4-10-15)17(27)22-2/h3-10H,11H2,1-2H3,(H,22,27)(H,23,26)(H,24,29)/t20-/m1/s1. The van der Waals surface area contributed by atoms with Crippen molar-refractivity contribution in [3.05, 3.63) is 64.7 Å². The van der Waals surface area contributed by atoms with Crippen LogP contribution in [0.25, 0.3) is 0 Å². The molecule has 1 fully saturated rings. The molecule has 0 radical (unpaired) electrons. The van der Waals surface area contributed by atoms with Gasteiger partial charge in [0.1, 0.15) is 12.1 Å². The lowest BCUT2D eigenvalue weighted by Gasteiger charge is -2.22. The van der Waals surface area contributed by atoms with Gasteiger partial charge in [-0.3, -0.25) is 19.3 Å². The first-order valence-electron chi connectivity index (χ1n) is 8.77. The van der Waals surface area contributed by atoms with E-state index in [0.717, 1.165) is 4.90 Å². The van der Waals surface area contributed by atoms with E-state index in [9.17, 15) is 19.2 Å². The van der Waals surface area contributed by atoms with Crippen molar-refractivity contribution >= 4 is 41.0 Å². The molecule has 29 heavy (non-hydrogen) atoms. The second-order valence-electron chi connectivity index (χ2n) is 6.66. The maximum atomic E-state index is 12.8. The minimum Gasteiger partial charge on any atom is -0.355 e. The molecule has 9 heteroatoms. The third-order valence-corrected chi connectivity index (χ3v) is 4.91. The zero-order valence-electron chi connectivity index (χ0n) is 15.8. The molecule has 0 aliphatic carbocycles. The van der Waals surface area contributed by atoms with Crippen LogP contribution in [0.1, 0.15) is 22.8 Å². The van der Waals surface area contributed by atoms with Gasteiger partial charge in [0.2, 0.25) is 5.91 Å². The number of carbonyl (C=O) groups is 4. The molecule has 0 saturated carbocycles. The molecule has 1 aliphatic heterocycles. The zero-order chi connectivity index (χ0) is 21.2. The van der Waals surface area contributed by atoms with E-state index in [0.29, 0.717) is 21.8 Å². The fourth-order valence-corrected chi connectivity index (χ4v) is 3.14. The summed E-state index contributed by atoms with van der Waals surface area (Å²) in [7, 11) is 1.52. The highest BCUT2D eigenvalue weighted by Crippen LogP contribution is 2.29. The highest BCUT2D eigenvalue weighted by atomic mass is 35.5. The second-order valence-corrected chi connectivity index (χ2v) is 7.09. The number of imide groups is 1. The molecule has 150 valence electrons. The minimum atomic E-state index is -1.28. The summed E-state index contributed by atoms with van der Waals surface area (Å²) in [6, 6.07) is 12.1. The minimum absolute atomic E-state index is 0.247. The van der Waals surface area contributed by atoms with Crippen LogP contribution in [0, 0.1) is 0 Å². The molecule has 2 aromatic rings. The summed E-state index contributed by atoms with van der Waals surface area (Å²) in [4.78, 5) is 49.9. The Balaban J connectivity index is 1.69. The van der Waals surface area contributed by atoms with E-state index < -0.39 is 29.9 Å². The summed E-state index contributed by atoms with van der Waals surface area (Å²) in [5.41, 5.74) is 0.165. The van der Waals surface area contributed by atoms with E-state index in [-0.39, 0.29) is 5.91 Å². The molecule has 2 aromatic carbocycles. The lowest BCUT2D eigenvalue weighted by atomic mass is 9.92. The number of rotatable bonds is 5. The summed E-state index contributed by atoms with van der Waals surface area (Å²) in [6.07, 6.45) is 0. The van der Waals surface area contributed by atoms with E-state index in [2.05, 4.69) is 16.0 Å². The highest BCUT2D eigenvalue weighted by Gasteiger charge is 2.49. The van der Waals surface area contributed by atoms with Gasteiger partial charge in [-0.2, -0.15) is 0 Å². The smallest absolute Gasteiger partial charge is 0.325 e. The van der Waals surface area contributed by atoms with Crippen LogP contribution in [0.3, 0.4) is 0 Å². The Kier molecular flexibility index (Phi) is 5.56. The molecule has 1 saturated heterocycles. The maximum Gasteiger partial charge on any atom is 0.325 e. The Morgan fingerprint density at radius 2 is 1.69 bits per heavy atom. The quantitative estimate of drug-likeness (QED) is 0.651. The average Bonchev–Trinajstić information content (AvgIpc) is 2.92. The number of nitrogens with zero attached hydrogens (tertiary/aromatic N) is 1. The SMILES string of the molecule is CNC(=O)c1ccc(NC(=O)CN2C(=O)N[C@](C)(c3ccc(Cl)cc3)C2=O)cc1. The third kappa shape index (κ3) is 4.07. The van der Waals surface area contributed by atoms with Crippen LogP contribution in [-0.2, 0) is 15.1 Å². The fourth-order valence-electron chi connectivity index (χ4n) is 3.01. The van der Waals surface area contributed by atoms with Crippen molar-refractivity contribution in [1.29, 1.82) is 0 Å². The number of anilines is 1. The van der Waals surface area contributed by atoms with Gasteiger partial charge in [0, 0.05) is 23.3 Å². The first kappa shape index (κ1) is 20.3. The zero-order valence-corrected chi connectivity index (χ0v) is 16.5. The molecule has 8 nitrogen and oxygen atoms in total.